The van der Waals surface area contributed by atoms with Crippen molar-refractivity contribution in [2.24, 2.45) is 0 Å². The van der Waals surface area contributed by atoms with E-state index in [0.717, 1.165) is 11.1 Å². The number of hydrogen-bond donors (Lipinski definition) is 0. The number of esters is 2. The van der Waals surface area contributed by atoms with E-state index >= 15 is 0 Å². The highest BCUT2D eigenvalue weighted by molar-refractivity contribution is 5.97. The van der Waals surface area contributed by atoms with Crippen LogP contribution in [0.25, 0.3) is 6.08 Å². The van der Waals surface area contributed by atoms with Crippen LogP contribution in [0.1, 0.15) is 21.5 Å². The zero-order valence-electron chi connectivity index (χ0n) is 11.6. The van der Waals surface area contributed by atoms with Gasteiger partial charge in [-0.25, -0.2) is 9.59 Å². The summed E-state index contributed by atoms with van der Waals surface area (Å²) in [6.45, 7) is 7.35. The molecule has 0 unspecified atom stereocenters. The lowest BCUT2D eigenvalue weighted by Crippen LogP contribution is -2.08. The zero-order valence-corrected chi connectivity index (χ0v) is 11.6. The van der Waals surface area contributed by atoms with Gasteiger partial charge in [-0.2, -0.15) is 0 Å². The van der Waals surface area contributed by atoms with Gasteiger partial charge in [-0.15, -0.1) is 0 Å². The summed E-state index contributed by atoms with van der Waals surface area (Å²) >= 11 is 0. The summed E-state index contributed by atoms with van der Waals surface area (Å²) in [6, 6.07) is 5.22. The van der Waals surface area contributed by atoms with Gasteiger partial charge in [0.2, 0.25) is 0 Å². The Labute approximate surface area is 123 Å². The summed E-state index contributed by atoms with van der Waals surface area (Å²) in [5.74, 6) is -0.762. The van der Waals surface area contributed by atoms with Crippen LogP contribution in [0.2, 0.25) is 0 Å². The van der Waals surface area contributed by atoms with Gasteiger partial charge >= 0.3 is 11.9 Å². The van der Waals surface area contributed by atoms with Crippen molar-refractivity contribution in [3.63, 3.8) is 0 Å². The predicted octanol–water partition coefficient (Wildman–Crippen LogP) is 2.70. The Bertz CT molecular complexity index is 626. The summed E-state index contributed by atoms with van der Waals surface area (Å²) < 4.78 is 10.00. The molecule has 0 amide bonds. The van der Waals surface area contributed by atoms with Crippen LogP contribution in [0.3, 0.4) is 0 Å². The molecule has 0 bridgehead atoms. The van der Waals surface area contributed by atoms with Gasteiger partial charge in [0, 0.05) is 12.0 Å². The van der Waals surface area contributed by atoms with Crippen LogP contribution in [0, 0.1) is 0 Å². The van der Waals surface area contributed by atoms with Crippen LogP contribution in [0.15, 0.2) is 49.1 Å². The molecule has 0 atom stereocenters. The second kappa shape index (κ2) is 6.70. The molecule has 1 aliphatic rings. The predicted molar refractivity (Wildman–Crippen MR) is 79.8 cm³/mol. The molecule has 1 aliphatic carbocycles. The Morgan fingerprint density at radius 3 is 2.43 bits per heavy atom. The normalized spacial score (nSPS) is 12.1. The summed E-state index contributed by atoms with van der Waals surface area (Å²) in [5, 5.41) is 0. The molecule has 1 aromatic rings. The molecule has 2 rings (SSSR count). The largest absolute Gasteiger partial charge is 0.458 e. The first-order valence-corrected chi connectivity index (χ1v) is 6.55. The van der Waals surface area contributed by atoms with Gasteiger partial charge in [0.15, 0.2) is 0 Å². The van der Waals surface area contributed by atoms with Gasteiger partial charge in [-0.3, -0.25) is 0 Å². The van der Waals surface area contributed by atoms with Crippen molar-refractivity contribution in [1.29, 1.82) is 0 Å². The SMILES string of the molecule is C=CCOC(=O)C1=Cc2ccc(C(=O)OCC=C)cc2C1. The lowest BCUT2D eigenvalue weighted by molar-refractivity contribution is -0.137. The van der Waals surface area contributed by atoms with Crippen LogP contribution in [0.4, 0.5) is 0 Å². The Morgan fingerprint density at radius 2 is 1.76 bits per heavy atom. The number of fused-ring (bicyclic) bond motifs is 1. The number of benzene rings is 1. The summed E-state index contributed by atoms with van der Waals surface area (Å²) in [5.41, 5.74) is 2.86. The smallest absolute Gasteiger partial charge is 0.338 e. The molecule has 0 heterocycles. The quantitative estimate of drug-likeness (QED) is 0.595. The third kappa shape index (κ3) is 3.48. The maximum atomic E-state index is 11.8. The standard InChI is InChI=1S/C17H16O4/c1-3-7-20-16(18)13-6-5-12-9-15(11-14(12)10-13)17(19)21-8-4-2/h3-6,9-10H,1-2,7-8,11H2. The summed E-state index contributed by atoms with van der Waals surface area (Å²) in [4.78, 5) is 23.6. The van der Waals surface area contributed by atoms with Crippen molar-refractivity contribution >= 4 is 18.0 Å². The third-order valence-electron chi connectivity index (χ3n) is 3.02. The lowest BCUT2D eigenvalue weighted by Gasteiger charge is -2.05. The van der Waals surface area contributed by atoms with E-state index in [1.54, 1.807) is 24.3 Å². The molecule has 0 saturated carbocycles. The van der Waals surface area contributed by atoms with E-state index < -0.39 is 5.97 Å². The first kappa shape index (κ1) is 14.8. The molecule has 1 aromatic carbocycles. The summed E-state index contributed by atoms with van der Waals surface area (Å²) in [6.07, 6.45) is 5.27. The first-order valence-electron chi connectivity index (χ1n) is 6.55. The number of carbonyl (C=O) groups excluding carboxylic acids is 2. The maximum absolute atomic E-state index is 11.8. The highest BCUT2D eigenvalue weighted by Gasteiger charge is 2.21. The van der Waals surface area contributed by atoms with Crippen molar-refractivity contribution in [3.05, 3.63) is 65.8 Å². The molecule has 0 N–H and O–H groups in total. The summed E-state index contributed by atoms with van der Waals surface area (Å²) in [7, 11) is 0. The second-order valence-corrected chi connectivity index (χ2v) is 4.53. The van der Waals surface area contributed by atoms with E-state index in [-0.39, 0.29) is 19.2 Å². The van der Waals surface area contributed by atoms with E-state index in [9.17, 15) is 9.59 Å². The Balaban J connectivity index is 2.08. The van der Waals surface area contributed by atoms with Crippen molar-refractivity contribution < 1.29 is 19.1 Å². The van der Waals surface area contributed by atoms with Gasteiger partial charge in [0.05, 0.1) is 5.56 Å². The van der Waals surface area contributed by atoms with Crippen LogP contribution in [-0.2, 0) is 20.7 Å². The van der Waals surface area contributed by atoms with E-state index in [2.05, 4.69) is 13.2 Å². The van der Waals surface area contributed by atoms with E-state index in [4.69, 9.17) is 9.47 Å². The van der Waals surface area contributed by atoms with Crippen molar-refractivity contribution in [2.75, 3.05) is 13.2 Å². The minimum Gasteiger partial charge on any atom is -0.458 e. The highest BCUT2D eigenvalue weighted by Crippen LogP contribution is 2.27. The third-order valence-corrected chi connectivity index (χ3v) is 3.02. The van der Waals surface area contributed by atoms with E-state index in [0.29, 0.717) is 17.6 Å². The molecule has 0 saturated heterocycles. The fourth-order valence-electron chi connectivity index (χ4n) is 2.05. The Kier molecular flexibility index (Phi) is 4.72. The fourth-order valence-corrected chi connectivity index (χ4v) is 2.05. The van der Waals surface area contributed by atoms with Crippen LogP contribution < -0.4 is 0 Å². The molecule has 108 valence electrons. The Morgan fingerprint density at radius 1 is 1.10 bits per heavy atom. The van der Waals surface area contributed by atoms with Gasteiger partial charge in [-0.1, -0.05) is 31.4 Å². The van der Waals surface area contributed by atoms with Crippen molar-refractivity contribution in [2.45, 2.75) is 6.42 Å². The molecule has 0 spiro atoms. The number of ether oxygens (including phenoxy) is 2. The van der Waals surface area contributed by atoms with Crippen LogP contribution in [0.5, 0.6) is 0 Å². The molecular formula is C17H16O4. The molecule has 21 heavy (non-hydrogen) atoms. The average Bonchev–Trinajstić information content (AvgIpc) is 2.93. The van der Waals surface area contributed by atoms with Crippen molar-refractivity contribution in [1.82, 2.24) is 0 Å². The number of hydrogen-bond acceptors (Lipinski definition) is 4. The molecule has 0 aromatic heterocycles. The van der Waals surface area contributed by atoms with Gasteiger partial charge in [-0.05, 0) is 29.3 Å². The van der Waals surface area contributed by atoms with Gasteiger partial charge in [0.25, 0.3) is 0 Å². The second-order valence-electron chi connectivity index (χ2n) is 4.53. The molecular weight excluding hydrogens is 268 g/mol. The first-order chi connectivity index (χ1) is 10.2. The van der Waals surface area contributed by atoms with E-state index in [1.807, 2.05) is 0 Å². The zero-order chi connectivity index (χ0) is 15.2. The minimum absolute atomic E-state index is 0.174. The fraction of sp³-hybridized carbons (Fsp3) is 0.176. The molecule has 0 fully saturated rings. The minimum atomic E-state index is -0.402. The van der Waals surface area contributed by atoms with Crippen LogP contribution in [-0.4, -0.2) is 25.2 Å². The highest BCUT2D eigenvalue weighted by atomic mass is 16.5. The monoisotopic (exact) mass is 284 g/mol. The Hall–Kier alpha value is -2.62. The van der Waals surface area contributed by atoms with Crippen LogP contribution >= 0.6 is 0 Å². The molecule has 4 heteroatoms. The lowest BCUT2D eigenvalue weighted by atomic mass is 10.1. The molecule has 4 nitrogen and oxygen atoms in total. The maximum Gasteiger partial charge on any atom is 0.338 e. The number of carbonyl (C=O) groups is 2. The van der Waals surface area contributed by atoms with Gasteiger partial charge < -0.3 is 9.47 Å². The van der Waals surface area contributed by atoms with E-state index in [1.165, 1.54) is 12.2 Å². The average molecular weight is 284 g/mol. The number of rotatable bonds is 6. The molecule has 0 aliphatic heterocycles. The van der Waals surface area contributed by atoms with Crippen molar-refractivity contribution in [3.8, 4) is 0 Å². The topological polar surface area (TPSA) is 52.6 Å². The molecule has 0 radical (unpaired) electrons. The van der Waals surface area contributed by atoms with Gasteiger partial charge in [0.1, 0.15) is 13.2 Å².